The summed E-state index contributed by atoms with van der Waals surface area (Å²) >= 11 is 0. The first kappa shape index (κ1) is 12.7. The van der Waals surface area contributed by atoms with E-state index in [4.69, 9.17) is 5.73 Å². The van der Waals surface area contributed by atoms with Crippen LogP contribution in [0.15, 0.2) is 0 Å². The van der Waals surface area contributed by atoms with Crippen LogP contribution in [0.25, 0.3) is 0 Å². The molecule has 0 aliphatic heterocycles. The van der Waals surface area contributed by atoms with E-state index >= 15 is 0 Å². The fourth-order valence-corrected chi connectivity index (χ4v) is 2.67. The Kier molecular flexibility index (Phi) is 3.31. The van der Waals surface area contributed by atoms with Gasteiger partial charge in [0.2, 0.25) is 0 Å². The molecular weight excluding hydrogens is 240 g/mol. The first-order chi connectivity index (χ1) is 9.15. The summed E-state index contributed by atoms with van der Waals surface area (Å²) in [5, 5.41) is 13.4. The Morgan fingerprint density at radius 2 is 1.89 bits per heavy atom. The van der Waals surface area contributed by atoms with Crippen molar-refractivity contribution in [3.63, 3.8) is 0 Å². The van der Waals surface area contributed by atoms with E-state index in [0.29, 0.717) is 11.7 Å². The van der Waals surface area contributed by atoms with E-state index < -0.39 is 0 Å². The Bertz CT molecular complexity index is 473. The Morgan fingerprint density at radius 1 is 1.16 bits per heavy atom. The second-order valence-electron chi connectivity index (χ2n) is 5.82. The van der Waals surface area contributed by atoms with E-state index in [-0.39, 0.29) is 12.1 Å². The lowest BCUT2D eigenvalue weighted by atomic mass is 9.92. The monoisotopic (exact) mass is 262 g/mol. The molecule has 0 spiro atoms. The Hall–Kier alpha value is -1.36. The van der Waals surface area contributed by atoms with Gasteiger partial charge in [-0.3, -0.25) is 0 Å². The second kappa shape index (κ2) is 4.96. The van der Waals surface area contributed by atoms with Crippen molar-refractivity contribution in [3.05, 3.63) is 11.4 Å². The maximum Gasteiger partial charge on any atom is 0.136 e. The Labute approximate surface area is 113 Å². The molecule has 2 atom stereocenters. The predicted octanol–water partition coefficient (Wildman–Crippen LogP) is 1.96. The smallest absolute Gasteiger partial charge is 0.136 e. The molecule has 1 aromatic heterocycles. The molecular formula is C14H22N4O. The van der Waals surface area contributed by atoms with Gasteiger partial charge in [-0.2, -0.15) is 0 Å². The molecule has 2 saturated carbocycles. The fraction of sp³-hybridized carbons (Fsp3) is 0.714. The van der Waals surface area contributed by atoms with Crippen LogP contribution in [0.3, 0.4) is 0 Å². The third kappa shape index (κ3) is 2.66. The number of hydrogen-bond donors (Lipinski definition) is 3. The molecule has 4 N–H and O–H groups in total. The first-order valence-electron chi connectivity index (χ1n) is 7.23. The van der Waals surface area contributed by atoms with Gasteiger partial charge in [-0.05, 0) is 32.6 Å². The summed E-state index contributed by atoms with van der Waals surface area (Å²) in [6.45, 7) is 1.93. The van der Waals surface area contributed by atoms with Gasteiger partial charge >= 0.3 is 0 Å². The average molecular weight is 262 g/mol. The lowest BCUT2D eigenvalue weighted by molar-refractivity contribution is 0.116. The number of aliphatic hydroxyl groups excluding tert-OH is 1. The average Bonchev–Trinajstić information content (AvgIpc) is 3.21. The molecule has 5 heteroatoms. The molecule has 2 aliphatic rings. The van der Waals surface area contributed by atoms with Crippen LogP contribution in [0, 0.1) is 6.92 Å². The number of anilines is 2. The highest BCUT2D eigenvalue weighted by Gasteiger charge is 2.29. The van der Waals surface area contributed by atoms with E-state index in [1.54, 1.807) is 0 Å². The number of nitrogen functional groups attached to an aromatic ring is 1. The van der Waals surface area contributed by atoms with Crippen LogP contribution in [0.1, 0.15) is 55.8 Å². The maximum atomic E-state index is 10.0. The quantitative estimate of drug-likeness (QED) is 0.775. The minimum absolute atomic E-state index is 0.0915. The van der Waals surface area contributed by atoms with Crippen molar-refractivity contribution in [1.29, 1.82) is 0 Å². The molecule has 2 fully saturated rings. The lowest BCUT2D eigenvalue weighted by Crippen LogP contribution is -2.37. The van der Waals surface area contributed by atoms with Crippen molar-refractivity contribution in [1.82, 2.24) is 9.97 Å². The summed E-state index contributed by atoms with van der Waals surface area (Å²) in [6.07, 6.45) is 6.16. The minimum atomic E-state index is -0.284. The zero-order chi connectivity index (χ0) is 13.4. The largest absolute Gasteiger partial charge is 0.391 e. The fourth-order valence-electron chi connectivity index (χ4n) is 2.67. The Balaban J connectivity index is 1.82. The van der Waals surface area contributed by atoms with Crippen LogP contribution >= 0.6 is 0 Å². The van der Waals surface area contributed by atoms with Crippen molar-refractivity contribution in [2.75, 3.05) is 11.1 Å². The molecule has 5 nitrogen and oxygen atoms in total. The number of aliphatic hydroxyl groups is 1. The van der Waals surface area contributed by atoms with E-state index in [1.165, 1.54) is 0 Å². The van der Waals surface area contributed by atoms with Gasteiger partial charge in [-0.25, -0.2) is 9.97 Å². The van der Waals surface area contributed by atoms with E-state index in [9.17, 15) is 5.11 Å². The molecule has 0 amide bonds. The van der Waals surface area contributed by atoms with E-state index in [2.05, 4.69) is 15.3 Å². The van der Waals surface area contributed by atoms with Crippen molar-refractivity contribution < 1.29 is 5.11 Å². The number of nitrogens with two attached hydrogens (primary N) is 1. The molecule has 2 unspecified atom stereocenters. The summed E-state index contributed by atoms with van der Waals surface area (Å²) in [5.74, 6) is 2.71. The van der Waals surface area contributed by atoms with Crippen LogP contribution in [-0.4, -0.2) is 27.2 Å². The number of nitrogens with zero attached hydrogens (tertiary/aromatic N) is 2. The zero-order valence-electron chi connectivity index (χ0n) is 11.4. The van der Waals surface area contributed by atoms with Crippen LogP contribution in [0.4, 0.5) is 11.6 Å². The van der Waals surface area contributed by atoms with Gasteiger partial charge in [-0.15, -0.1) is 0 Å². The predicted molar refractivity (Wildman–Crippen MR) is 75.0 cm³/mol. The van der Waals surface area contributed by atoms with Gasteiger partial charge in [-0.1, -0.05) is 12.8 Å². The van der Waals surface area contributed by atoms with Gasteiger partial charge in [0.1, 0.15) is 17.5 Å². The summed E-state index contributed by atoms with van der Waals surface area (Å²) in [7, 11) is 0. The molecule has 0 radical (unpaired) electrons. The van der Waals surface area contributed by atoms with E-state index in [0.717, 1.165) is 55.7 Å². The molecule has 104 valence electrons. The first-order valence-corrected chi connectivity index (χ1v) is 7.23. The van der Waals surface area contributed by atoms with Crippen molar-refractivity contribution >= 4 is 11.6 Å². The number of nitrogens with one attached hydrogen (secondary N) is 1. The topological polar surface area (TPSA) is 84.1 Å². The van der Waals surface area contributed by atoms with Gasteiger partial charge in [0.05, 0.1) is 12.1 Å². The normalized spacial score (nSPS) is 27.3. The maximum absolute atomic E-state index is 10.0. The van der Waals surface area contributed by atoms with Gasteiger partial charge in [0, 0.05) is 11.5 Å². The highest BCUT2D eigenvalue weighted by molar-refractivity contribution is 5.55. The summed E-state index contributed by atoms with van der Waals surface area (Å²) in [4.78, 5) is 8.98. The molecule has 1 aromatic rings. The third-order valence-electron chi connectivity index (χ3n) is 4.19. The molecule has 3 rings (SSSR count). The highest BCUT2D eigenvalue weighted by atomic mass is 16.3. The molecule has 2 aliphatic carbocycles. The van der Waals surface area contributed by atoms with E-state index in [1.807, 2.05) is 6.92 Å². The third-order valence-corrected chi connectivity index (χ3v) is 4.19. The lowest BCUT2D eigenvalue weighted by Gasteiger charge is -2.29. The van der Waals surface area contributed by atoms with Crippen LogP contribution < -0.4 is 11.1 Å². The van der Waals surface area contributed by atoms with Crippen molar-refractivity contribution in [2.45, 2.75) is 63.5 Å². The summed E-state index contributed by atoms with van der Waals surface area (Å²) in [6, 6.07) is 0.0915. The summed E-state index contributed by atoms with van der Waals surface area (Å²) in [5.41, 5.74) is 6.86. The van der Waals surface area contributed by atoms with Gasteiger partial charge in [0.15, 0.2) is 0 Å². The zero-order valence-corrected chi connectivity index (χ0v) is 11.4. The minimum Gasteiger partial charge on any atom is -0.391 e. The van der Waals surface area contributed by atoms with Crippen molar-refractivity contribution in [2.24, 2.45) is 0 Å². The SMILES string of the molecule is Cc1c(N)nc(C2CC2)nc1NC1CCCCC1O. The van der Waals surface area contributed by atoms with Gasteiger partial charge < -0.3 is 16.2 Å². The molecule has 0 saturated heterocycles. The summed E-state index contributed by atoms with van der Waals surface area (Å²) < 4.78 is 0. The van der Waals surface area contributed by atoms with Crippen LogP contribution in [-0.2, 0) is 0 Å². The standard InChI is InChI=1S/C14H22N4O/c1-8-12(15)17-14(9-6-7-9)18-13(8)16-10-4-2-3-5-11(10)19/h9-11,19H,2-7H2,1H3,(H3,15,16,17,18). The number of hydrogen-bond acceptors (Lipinski definition) is 5. The Morgan fingerprint density at radius 3 is 2.58 bits per heavy atom. The number of aromatic nitrogens is 2. The molecule has 1 heterocycles. The molecule has 0 aromatic carbocycles. The van der Waals surface area contributed by atoms with Crippen molar-refractivity contribution in [3.8, 4) is 0 Å². The molecule has 19 heavy (non-hydrogen) atoms. The highest BCUT2D eigenvalue weighted by Crippen LogP contribution is 2.39. The van der Waals surface area contributed by atoms with Crippen LogP contribution in [0.2, 0.25) is 0 Å². The molecule has 0 bridgehead atoms. The van der Waals surface area contributed by atoms with Gasteiger partial charge in [0.25, 0.3) is 0 Å². The van der Waals surface area contributed by atoms with Crippen LogP contribution in [0.5, 0.6) is 0 Å². The second-order valence-corrected chi connectivity index (χ2v) is 5.82. The number of rotatable bonds is 3.